The van der Waals surface area contributed by atoms with E-state index in [1.54, 1.807) is 0 Å². The number of nitrogens with one attached hydrogen (secondary N) is 1. The summed E-state index contributed by atoms with van der Waals surface area (Å²) in [6, 6.07) is 8.57. The van der Waals surface area contributed by atoms with Crippen LogP contribution in [0.15, 0.2) is 30.3 Å². The first-order valence-electron chi connectivity index (χ1n) is 6.21. The molecule has 0 saturated heterocycles. The lowest BCUT2D eigenvalue weighted by Crippen LogP contribution is -2.42. The van der Waals surface area contributed by atoms with Gasteiger partial charge in [0.15, 0.2) is 0 Å². The number of ether oxygens (including phenoxy) is 2. The van der Waals surface area contributed by atoms with Gasteiger partial charge in [0.05, 0.1) is 25.5 Å². The topological polar surface area (TPSA) is 90.9 Å². The fourth-order valence-electron chi connectivity index (χ4n) is 1.47. The van der Waals surface area contributed by atoms with Crippen LogP contribution in [0.25, 0.3) is 0 Å². The number of carbonyl (C=O) groups excluding carboxylic acids is 1. The zero-order chi connectivity index (χ0) is 15.7. The number of alkyl carbamates (subject to hydrolysis) is 1. The van der Waals surface area contributed by atoms with Crippen molar-refractivity contribution in [1.82, 2.24) is 5.32 Å². The zero-order valence-corrected chi connectivity index (χ0v) is 12.8. The maximum Gasteiger partial charge on any atom is 0.407 e. The van der Waals surface area contributed by atoms with Crippen LogP contribution in [0.1, 0.15) is 5.56 Å². The van der Waals surface area contributed by atoms with Crippen LogP contribution < -0.4 is 5.32 Å². The molecule has 1 atom stereocenters. The van der Waals surface area contributed by atoms with Crippen molar-refractivity contribution in [2.75, 3.05) is 26.6 Å². The van der Waals surface area contributed by atoms with E-state index in [0.717, 1.165) is 11.8 Å². The Morgan fingerprint density at radius 1 is 1.24 bits per heavy atom. The smallest absolute Gasteiger partial charge is 0.407 e. The number of amides is 1. The van der Waals surface area contributed by atoms with Gasteiger partial charge >= 0.3 is 6.09 Å². The molecule has 0 aliphatic heterocycles. The third-order valence-electron chi connectivity index (χ3n) is 2.39. The second kappa shape index (κ2) is 8.60. The Kier molecular flexibility index (Phi) is 7.13. The molecule has 21 heavy (non-hydrogen) atoms. The second-order valence-corrected chi connectivity index (χ2v) is 5.99. The van der Waals surface area contributed by atoms with Gasteiger partial charge in [-0.3, -0.25) is 4.18 Å². The SMILES string of the molecule is COCC(COS(C)(=O)=O)NC(=O)OCc1ccccc1. The van der Waals surface area contributed by atoms with Crippen molar-refractivity contribution in [3.63, 3.8) is 0 Å². The van der Waals surface area contributed by atoms with Gasteiger partial charge in [0, 0.05) is 7.11 Å². The predicted molar refractivity (Wildman–Crippen MR) is 76.2 cm³/mol. The van der Waals surface area contributed by atoms with E-state index in [1.807, 2.05) is 30.3 Å². The Labute approximate surface area is 124 Å². The van der Waals surface area contributed by atoms with Crippen molar-refractivity contribution >= 4 is 16.2 Å². The highest BCUT2D eigenvalue weighted by atomic mass is 32.2. The summed E-state index contributed by atoms with van der Waals surface area (Å²) < 4.78 is 36.4. The summed E-state index contributed by atoms with van der Waals surface area (Å²) in [4.78, 5) is 11.6. The molecule has 7 nitrogen and oxygen atoms in total. The summed E-state index contributed by atoms with van der Waals surface area (Å²) in [6.45, 7) is 0.0162. The van der Waals surface area contributed by atoms with E-state index < -0.39 is 22.3 Å². The van der Waals surface area contributed by atoms with Crippen LogP contribution >= 0.6 is 0 Å². The highest BCUT2D eigenvalue weighted by Gasteiger charge is 2.16. The van der Waals surface area contributed by atoms with Crippen molar-refractivity contribution < 1.29 is 26.9 Å². The van der Waals surface area contributed by atoms with Gasteiger partial charge in [-0.2, -0.15) is 8.42 Å². The van der Waals surface area contributed by atoms with Crippen LogP contribution in [0.3, 0.4) is 0 Å². The first kappa shape index (κ1) is 17.4. The van der Waals surface area contributed by atoms with Gasteiger partial charge in [0.2, 0.25) is 0 Å². The van der Waals surface area contributed by atoms with Crippen LogP contribution in [0.4, 0.5) is 4.79 Å². The van der Waals surface area contributed by atoms with Crippen LogP contribution in [0, 0.1) is 0 Å². The molecular formula is C13H19NO6S. The van der Waals surface area contributed by atoms with Crippen molar-refractivity contribution in [1.29, 1.82) is 0 Å². The Hall–Kier alpha value is -1.64. The molecule has 8 heteroatoms. The van der Waals surface area contributed by atoms with E-state index >= 15 is 0 Å². The molecule has 0 fully saturated rings. The standard InChI is InChI=1S/C13H19NO6S/c1-18-9-12(10-20-21(2,16)17)14-13(15)19-8-11-6-4-3-5-7-11/h3-7,12H,8-10H2,1-2H3,(H,14,15). The van der Waals surface area contributed by atoms with Crippen molar-refractivity contribution in [3.8, 4) is 0 Å². The van der Waals surface area contributed by atoms with Gasteiger partial charge in [-0.15, -0.1) is 0 Å². The third kappa shape index (κ3) is 8.28. The number of hydrogen-bond donors (Lipinski definition) is 1. The Bertz CT molecular complexity index is 531. The number of carbonyl (C=O) groups is 1. The van der Waals surface area contributed by atoms with E-state index in [0.29, 0.717) is 0 Å². The number of benzene rings is 1. The monoisotopic (exact) mass is 317 g/mol. The lowest BCUT2D eigenvalue weighted by molar-refractivity contribution is 0.108. The zero-order valence-electron chi connectivity index (χ0n) is 11.9. The molecule has 1 amide bonds. The van der Waals surface area contributed by atoms with E-state index in [2.05, 4.69) is 9.50 Å². The van der Waals surface area contributed by atoms with Gasteiger partial charge in [-0.25, -0.2) is 4.79 Å². The lowest BCUT2D eigenvalue weighted by Gasteiger charge is -2.17. The molecule has 0 bridgehead atoms. The Morgan fingerprint density at radius 2 is 1.90 bits per heavy atom. The molecule has 0 aliphatic rings. The Balaban J connectivity index is 2.41. The summed E-state index contributed by atoms with van der Waals surface area (Å²) in [6.07, 6.45) is 0.267. The van der Waals surface area contributed by atoms with E-state index in [9.17, 15) is 13.2 Å². The highest BCUT2D eigenvalue weighted by Crippen LogP contribution is 2.01. The maximum atomic E-state index is 11.6. The van der Waals surface area contributed by atoms with Crippen LogP contribution in [0.2, 0.25) is 0 Å². The largest absolute Gasteiger partial charge is 0.445 e. The fourth-order valence-corrected chi connectivity index (χ4v) is 1.88. The first-order chi connectivity index (χ1) is 9.90. The Morgan fingerprint density at radius 3 is 2.48 bits per heavy atom. The second-order valence-electron chi connectivity index (χ2n) is 4.35. The molecule has 0 saturated carbocycles. The molecule has 118 valence electrons. The average Bonchev–Trinajstić information content (AvgIpc) is 2.43. The number of rotatable bonds is 8. The van der Waals surface area contributed by atoms with Gasteiger partial charge < -0.3 is 14.8 Å². The molecule has 1 aromatic rings. The average molecular weight is 317 g/mol. The van der Waals surface area contributed by atoms with Gasteiger partial charge in [0.1, 0.15) is 6.61 Å². The predicted octanol–water partition coefficient (Wildman–Crippen LogP) is 0.904. The minimum atomic E-state index is -3.58. The minimum Gasteiger partial charge on any atom is -0.445 e. The van der Waals surface area contributed by atoms with Crippen molar-refractivity contribution in [2.24, 2.45) is 0 Å². The molecule has 1 N–H and O–H groups in total. The molecule has 1 unspecified atom stereocenters. The van der Waals surface area contributed by atoms with Crippen molar-refractivity contribution in [3.05, 3.63) is 35.9 Å². The van der Waals surface area contributed by atoms with E-state index in [1.165, 1.54) is 7.11 Å². The van der Waals surface area contributed by atoms with Gasteiger partial charge in [-0.1, -0.05) is 30.3 Å². The van der Waals surface area contributed by atoms with Crippen LogP contribution in [-0.4, -0.2) is 47.1 Å². The molecule has 1 rings (SSSR count). The summed E-state index contributed by atoms with van der Waals surface area (Å²) in [5, 5.41) is 2.49. The van der Waals surface area contributed by atoms with Gasteiger partial charge in [0.25, 0.3) is 10.1 Å². The quantitative estimate of drug-likeness (QED) is 0.717. The molecule has 0 aliphatic carbocycles. The maximum absolute atomic E-state index is 11.6. The van der Waals surface area contributed by atoms with Crippen LogP contribution in [-0.2, 0) is 30.4 Å². The fraction of sp³-hybridized carbons (Fsp3) is 0.462. The third-order valence-corrected chi connectivity index (χ3v) is 2.95. The van der Waals surface area contributed by atoms with Gasteiger partial charge in [-0.05, 0) is 5.56 Å². The minimum absolute atomic E-state index is 0.107. The number of hydrogen-bond acceptors (Lipinski definition) is 6. The molecule has 0 heterocycles. The lowest BCUT2D eigenvalue weighted by atomic mass is 10.2. The molecule has 0 aromatic heterocycles. The van der Waals surface area contributed by atoms with E-state index in [-0.39, 0.29) is 19.8 Å². The molecule has 0 spiro atoms. The van der Waals surface area contributed by atoms with E-state index in [4.69, 9.17) is 9.47 Å². The van der Waals surface area contributed by atoms with Crippen LogP contribution in [0.5, 0.6) is 0 Å². The van der Waals surface area contributed by atoms with Crippen molar-refractivity contribution in [2.45, 2.75) is 12.6 Å². The normalized spacial score (nSPS) is 12.7. The summed E-state index contributed by atoms with van der Waals surface area (Å²) >= 11 is 0. The summed E-state index contributed by atoms with van der Waals surface area (Å²) in [5.74, 6) is 0. The molecule has 0 radical (unpaired) electrons. The summed E-state index contributed by atoms with van der Waals surface area (Å²) in [5.41, 5.74) is 0.850. The first-order valence-corrected chi connectivity index (χ1v) is 8.03. The molecular weight excluding hydrogens is 298 g/mol. The number of methoxy groups -OCH3 is 1. The molecule has 1 aromatic carbocycles. The highest BCUT2D eigenvalue weighted by molar-refractivity contribution is 7.85. The summed E-state index contributed by atoms with van der Waals surface area (Å²) in [7, 11) is -2.14.